The lowest BCUT2D eigenvalue weighted by Gasteiger charge is -2.15. The number of aryl methyl sites for hydroxylation is 2. The predicted octanol–water partition coefficient (Wildman–Crippen LogP) is 2.56. The molecular weight excluding hydrogens is 344 g/mol. The third-order valence-corrected chi connectivity index (χ3v) is 5.94. The molecule has 2 aromatic heterocycles. The molecule has 0 radical (unpaired) electrons. The maximum atomic E-state index is 12.7. The summed E-state index contributed by atoms with van der Waals surface area (Å²) in [6.45, 7) is 6.74. The van der Waals surface area contributed by atoms with Gasteiger partial charge in [-0.15, -0.1) is 11.3 Å². The van der Waals surface area contributed by atoms with Crippen LogP contribution in [-0.2, 0) is 11.3 Å². The molecule has 0 saturated heterocycles. The number of carbonyl (C=O) groups excluding carboxylic acids is 1. The summed E-state index contributed by atoms with van der Waals surface area (Å²) in [6.07, 6.45) is 0.310. The van der Waals surface area contributed by atoms with E-state index < -0.39 is 0 Å². The monoisotopic (exact) mass is 364 g/mol. The zero-order valence-corrected chi connectivity index (χ0v) is 15.9. The second kappa shape index (κ2) is 7.81. The molecule has 0 spiro atoms. The Labute approximate surface area is 149 Å². The predicted molar refractivity (Wildman–Crippen MR) is 97.6 cm³/mol. The average molecular weight is 364 g/mol. The molecular formula is C16H20N4O2S2. The molecule has 2 rings (SSSR count). The second-order valence-electron chi connectivity index (χ2n) is 5.42. The fourth-order valence-corrected chi connectivity index (χ4v) is 4.35. The third-order valence-electron chi connectivity index (χ3n) is 3.88. The highest BCUT2D eigenvalue weighted by molar-refractivity contribution is 7.99. The highest BCUT2D eigenvalue weighted by Gasteiger charge is 2.17. The van der Waals surface area contributed by atoms with E-state index in [2.05, 4.69) is 4.98 Å². The molecule has 0 aromatic carbocycles. The Balaban J connectivity index is 2.28. The number of carbonyl (C=O) groups is 1. The van der Waals surface area contributed by atoms with Crippen LogP contribution in [0.4, 0.5) is 0 Å². The first-order valence-corrected chi connectivity index (χ1v) is 9.45. The number of fused-ring (bicyclic) bond motifs is 1. The summed E-state index contributed by atoms with van der Waals surface area (Å²) >= 11 is 2.78. The summed E-state index contributed by atoms with van der Waals surface area (Å²) in [5.41, 5.74) is 0.940. The van der Waals surface area contributed by atoms with Crippen molar-refractivity contribution in [2.75, 3.05) is 19.3 Å². The van der Waals surface area contributed by atoms with Crippen LogP contribution in [-0.4, -0.2) is 39.7 Å². The van der Waals surface area contributed by atoms with E-state index in [9.17, 15) is 9.59 Å². The van der Waals surface area contributed by atoms with Crippen LogP contribution in [0.3, 0.4) is 0 Å². The van der Waals surface area contributed by atoms with Crippen molar-refractivity contribution in [3.05, 3.63) is 20.8 Å². The quantitative estimate of drug-likeness (QED) is 0.581. The van der Waals surface area contributed by atoms with Gasteiger partial charge in [-0.2, -0.15) is 5.26 Å². The lowest BCUT2D eigenvalue weighted by atomic mass is 10.2. The minimum absolute atomic E-state index is 0.0443. The number of nitriles is 1. The maximum absolute atomic E-state index is 12.7. The first-order valence-electron chi connectivity index (χ1n) is 7.64. The molecule has 1 amide bonds. The lowest BCUT2D eigenvalue weighted by Crippen LogP contribution is -2.29. The van der Waals surface area contributed by atoms with Crippen molar-refractivity contribution in [1.29, 1.82) is 5.26 Å². The van der Waals surface area contributed by atoms with Gasteiger partial charge in [0.25, 0.3) is 5.56 Å². The Kier molecular flexibility index (Phi) is 6.02. The Bertz CT molecular complexity index is 864. The zero-order valence-electron chi connectivity index (χ0n) is 14.3. The molecule has 8 heteroatoms. The summed E-state index contributed by atoms with van der Waals surface area (Å²) in [6, 6.07) is 2.02. The molecule has 0 aliphatic carbocycles. The fraction of sp³-hybridized carbons (Fsp3) is 0.500. The van der Waals surface area contributed by atoms with Crippen LogP contribution in [0.5, 0.6) is 0 Å². The molecule has 0 saturated carbocycles. The molecule has 0 aliphatic rings. The van der Waals surface area contributed by atoms with Gasteiger partial charge in [0.1, 0.15) is 4.83 Å². The second-order valence-corrected chi connectivity index (χ2v) is 7.56. The Morgan fingerprint density at radius 3 is 2.79 bits per heavy atom. The standard InChI is InChI=1S/C16H20N4O2S2/c1-5-20-15(22)13-10(2)11(3)24-14(13)18-16(20)23-9-12(21)19(4)8-6-7-17/h5-6,8-9H2,1-4H3. The first kappa shape index (κ1) is 18.5. The maximum Gasteiger partial charge on any atom is 0.263 e. The molecule has 6 nitrogen and oxygen atoms in total. The van der Waals surface area contributed by atoms with Gasteiger partial charge < -0.3 is 4.90 Å². The van der Waals surface area contributed by atoms with Crippen molar-refractivity contribution >= 4 is 39.2 Å². The number of thioether (sulfide) groups is 1. The van der Waals surface area contributed by atoms with Gasteiger partial charge in [-0.3, -0.25) is 14.2 Å². The van der Waals surface area contributed by atoms with Crippen molar-refractivity contribution in [2.45, 2.75) is 38.9 Å². The van der Waals surface area contributed by atoms with Gasteiger partial charge in [0.05, 0.1) is 23.6 Å². The molecule has 24 heavy (non-hydrogen) atoms. The summed E-state index contributed by atoms with van der Waals surface area (Å²) in [5.74, 6) is 0.120. The third kappa shape index (κ3) is 3.62. The number of thiophene rings is 1. The number of rotatable bonds is 6. The summed E-state index contributed by atoms with van der Waals surface area (Å²) in [4.78, 5) is 32.8. The van der Waals surface area contributed by atoms with Crippen LogP contribution < -0.4 is 5.56 Å². The van der Waals surface area contributed by atoms with Crippen LogP contribution in [0.2, 0.25) is 0 Å². The number of amides is 1. The van der Waals surface area contributed by atoms with Crippen LogP contribution in [0.15, 0.2) is 9.95 Å². The number of aromatic nitrogens is 2. The Morgan fingerprint density at radius 2 is 2.17 bits per heavy atom. The Hall–Kier alpha value is -1.85. The highest BCUT2D eigenvalue weighted by atomic mass is 32.2. The van der Waals surface area contributed by atoms with Gasteiger partial charge in [-0.1, -0.05) is 11.8 Å². The van der Waals surface area contributed by atoms with E-state index in [1.807, 2.05) is 26.8 Å². The van der Waals surface area contributed by atoms with Gasteiger partial charge >= 0.3 is 0 Å². The summed E-state index contributed by atoms with van der Waals surface area (Å²) < 4.78 is 1.62. The van der Waals surface area contributed by atoms with Crippen molar-refractivity contribution in [2.24, 2.45) is 0 Å². The average Bonchev–Trinajstić information content (AvgIpc) is 2.84. The summed E-state index contributed by atoms with van der Waals surface area (Å²) in [5, 5.41) is 9.84. The van der Waals surface area contributed by atoms with Gasteiger partial charge in [0.15, 0.2) is 5.16 Å². The molecule has 0 fully saturated rings. The molecule has 0 atom stereocenters. The molecule has 0 aliphatic heterocycles. The Morgan fingerprint density at radius 1 is 1.46 bits per heavy atom. The van der Waals surface area contributed by atoms with Gasteiger partial charge in [0.2, 0.25) is 5.91 Å². The normalized spacial score (nSPS) is 10.8. The lowest BCUT2D eigenvalue weighted by molar-refractivity contribution is -0.127. The van der Waals surface area contributed by atoms with Crippen molar-refractivity contribution < 1.29 is 4.79 Å². The van der Waals surface area contributed by atoms with Crippen LogP contribution >= 0.6 is 23.1 Å². The van der Waals surface area contributed by atoms with Gasteiger partial charge in [0, 0.05) is 25.0 Å². The van der Waals surface area contributed by atoms with E-state index in [1.54, 1.807) is 11.6 Å². The van der Waals surface area contributed by atoms with Crippen LogP contribution in [0, 0.1) is 25.2 Å². The van der Waals surface area contributed by atoms with Crippen molar-refractivity contribution in [3.8, 4) is 6.07 Å². The van der Waals surface area contributed by atoms with Crippen molar-refractivity contribution in [3.63, 3.8) is 0 Å². The van der Waals surface area contributed by atoms with E-state index in [4.69, 9.17) is 5.26 Å². The van der Waals surface area contributed by atoms with Gasteiger partial charge in [-0.25, -0.2) is 4.98 Å². The summed E-state index contributed by atoms with van der Waals surface area (Å²) in [7, 11) is 1.68. The highest BCUT2D eigenvalue weighted by Crippen LogP contribution is 2.28. The topological polar surface area (TPSA) is 79.0 Å². The smallest absolute Gasteiger partial charge is 0.263 e. The molecule has 0 bridgehead atoms. The largest absolute Gasteiger partial charge is 0.344 e. The number of hydrogen-bond donors (Lipinski definition) is 0. The zero-order chi connectivity index (χ0) is 17.9. The van der Waals surface area contributed by atoms with E-state index in [-0.39, 0.29) is 17.2 Å². The van der Waals surface area contributed by atoms with Crippen LogP contribution in [0.25, 0.3) is 10.2 Å². The molecule has 0 unspecified atom stereocenters. The number of hydrogen-bond acceptors (Lipinski definition) is 6. The number of nitrogens with zero attached hydrogens (tertiary/aromatic N) is 4. The van der Waals surface area contributed by atoms with Gasteiger partial charge in [-0.05, 0) is 26.3 Å². The van der Waals surface area contributed by atoms with E-state index >= 15 is 0 Å². The SMILES string of the molecule is CCn1c(SCC(=O)N(C)CCC#N)nc2sc(C)c(C)c2c1=O. The molecule has 2 heterocycles. The van der Waals surface area contributed by atoms with Crippen LogP contribution in [0.1, 0.15) is 23.8 Å². The fourth-order valence-electron chi connectivity index (χ4n) is 2.28. The van der Waals surface area contributed by atoms with Crippen molar-refractivity contribution in [1.82, 2.24) is 14.5 Å². The minimum atomic E-state index is -0.0780. The van der Waals surface area contributed by atoms with E-state index in [0.29, 0.717) is 30.1 Å². The van der Waals surface area contributed by atoms with E-state index in [1.165, 1.54) is 28.0 Å². The first-order chi connectivity index (χ1) is 11.4. The molecule has 128 valence electrons. The van der Waals surface area contributed by atoms with E-state index in [0.717, 1.165) is 15.3 Å². The molecule has 0 N–H and O–H groups in total. The molecule has 2 aromatic rings. The minimum Gasteiger partial charge on any atom is -0.344 e.